The quantitative estimate of drug-likeness (QED) is 0.836. The largest absolute Gasteiger partial charge is 0.354 e. The van der Waals surface area contributed by atoms with Gasteiger partial charge < -0.3 is 11.1 Å². The van der Waals surface area contributed by atoms with Crippen LogP contribution in [0.25, 0.3) is 0 Å². The van der Waals surface area contributed by atoms with Crippen molar-refractivity contribution in [1.82, 2.24) is 5.32 Å². The lowest BCUT2D eigenvalue weighted by atomic mass is 9.94. The Morgan fingerprint density at radius 2 is 2.00 bits per heavy atom. The van der Waals surface area contributed by atoms with Gasteiger partial charge in [0.1, 0.15) is 0 Å². The molecule has 1 rings (SSSR count). The van der Waals surface area contributed by atoms with Crippen LogP contribution in [0.5, 0.6) is 0 Å². The number of hydrogen-bond acceptors (Lipinski definition) is 2. The molecule has 0 aliphatic rings. The molecule has 3 N–H and O–H groups in total. The Balaban J connectivity index is 2.76. The van der Waals surface area contributed by atoms with E-state index in [1.165, 1.54) is 16.7 Å². The summed E-state index contributed by atoms with van der Waals surface area (Å²) in [6.45, 7) is 8.45. The highest BCUT2D eigenvalue weighted by Gasteiger charge is 2.18. The maximum Gasteiger partial charge on any atom is 0.224 e. The standard InChI is InChI=1S/C15H24N2O/c1-10(2)17-15(18)14(9-16)8-13-6-5-11(3)7-12(13)4/h5-7,10,14H,8-9,16H2,1-4H3,(H,17,18). The van der Waals surface area contributed by atoms with E-state index in [4.69, 9.17) is 5.73 Å². The number of amides is 1. The Morgan fingerprint density at radius 3 is 2.50 bits per heavy atom. The molecule has 0 saturated heterocycles. The number of aryl methyl sites for hydroxylation is 2. The third-order valence-corrected chi connectivity index (χ3v) is 3.05. The van der Waals surface area contributed by atoms with E-state index < -0.39 is 0 Å². The molecule has 0 aliphatic carbocycles. The maximum atomic E-state index is 12.0. The summed E-state index contributed by atoms with van der Waals surface area (Å²) in [6, 6.07) is 6.47. The number of carbonyl (C=O) groups excluding carboxylic acids is 1. The second-order valence-electron chi connectivity index (χ2n) is 5.23. The molecule has 1 aromatic carbocycles. The second-order valence-corrected chi connectivity index (χ2v) is 5.23. The van der Waals surface area contributed by atoms with Gasteiger partial charge in [0.15, 0.2) is 0 Å². The van der Waals surface area contributed by atoms with Crippen LogP contribution in [0.3, 0.4) is 0 Å². The molecule has 3 heteroatoms. The first-order chi connectivity index (χ1) is 8.43. The fraction of sp³-hybridized carbons (Fsp3) is 0.533. The van der Waals surface area contributed by atoms with E-state index in [1.54, 1.807) is 0 Å². The summed E-state index contributed by atoms with van der Waals surface area (Å²) in [5, 5.41) is 2.93. The van der Waals surface area contributed by atoms with Crippen molar-refractivity contribution in [3.63, 3.8) is 0 Å². The molecule has 0 saturated carbocycles. The van der Waals surface area contributed by atoms with Crippen molar-refractivity contribution >= 4 is 5.91 Å². The number of nitrogens with two attached hydrogens (primary N) is 1. The molecule has 0 bridgehead atoms. The van der Waals surface area contributed by atoms with Crippen LogP contribution < -0.4 is 11.1 Å². The van der Waals surface area contributed by atoms with Crippen LogP contribution in [0.4, 0.5) is 0 Å². The summed E-state index contributed by atoms with van der Waals surface area (Å²) >= 11 is 0. The minimum atomic E-state index is -0.145. The van der Waals surface area contributed by atoms with Crippen LogP contribution in [0.1, 0.15) is 30.5 Å². The van der Waals surface area contributed by atoms with Gasteiger partial charge in [-0.3, -0.25) is 4.79 Å². The van der Waals surface area contributed by atoms with Crippen LogP contribution in [-0.4, -0.2) is 18.5 Å². The molecule has 0 heterocycles. The van der Waals surface area contributed by atoms with Crippen molar-refractivity contribution < 1.29 is 4.79 Å². The summed E-state index contributed by atoms with van der Waals surface area (Å²) in [4.78, 5) is 12.0. The fourth-order valence-corrected chi connectivity index (χ4v) is 2.03. The SMILES string of the molecule is Cc1ccc(CC(CN)C(=O)NC(C)C)c(C)c1. The van der Waals surface area contributed by atoms with Crippen LogP contribution in [-0.2, 0) is 11.2 Å². The highest BCUT2D eigenvalue weighted by molar-refractivity contribution is 5.79. The number of carbonyl (C=O) groups is 1. The highest BCUT2D eigenvalue weighted by atomic mass is 16.1. The zero-order chi connectivity index (χ0) is 13.7. The third kappa shape index (κ3) is 4.15. The number of benzene rings is 1. The van der Waals surface area contributed by atoms with Crippen molar-refractivity contribution in [3.8, 4) is 0 Å². The van der Waals surface area contributed by atoms with Gasteiger partial charge in [0.25, 0.3) is 0 Å². The zero-order valence-electron chi connectivity index (χ0n) is 11.8. The van der Waals surface area contributed by atoms with Gasteiger partial charge in [-0.15, -0.1) is 0 Å². The smallest absolute Gasteiger partial charge is 0.224 e. The molecule has 3 nitrogen and oxygen atoms in total. The van der Waals surface area contributed by atoms with Gasteiger partial charge in [-0.25, -0.2) is 0 Å². The Kier molecular flexibility index (Phi) is 5.35. The van der Waals surface area contributed by atoms with Crippen LogP contribution in [0.15, 0.2) is 18.2 Å². The van der Waals surface area contributed by atoms with Crippen LogP contribution in [0, 0.1) is 19.8 Å². The molecule has 18 heavy (non-hydrogen) atoms. The zero-order valence-corrected chi connectivity index (χ0v) is 11.8. The lowest BCUT2D eigenvalue weighted by Crippen LogP contribution is -2.39. The Bertz CT molecular complexity index is 413. The van der Waals surface area contributed by atoms with Gasteiger partial charge in [0.2, 0.25) is 5.91 Å². The molecular weight excluding hydrogens is 224 g/mol. The summed E-state index contributed by atoms with van der Waals surface area (Å²) < 4.78 is 0. The van der Waals surface area contributed by atoms with Gasteiger partial charge in [-0.05, 0) is 45.2 Å². The predicted molar refractivity (Wildman–Crippen MR) is 75.4 cm³/mol. The highest BCUT2D eigenvalue weighted by Crippen LogP contribution is 2.15. The van der Waals surface area contributed by atoms with Crippen molar-refractivity contribution in [2.45, 2.75) is 40.2 Å². The molecule has 100 valence electrons. The number of rotatable bonds is 5. The summed E-state index contributed by atoms with van der Waals surface area (Å²) in [6.07, 6.45) is 0.709. The molecule has 0 aliphatic heterocycles. The van der Waals surface area contributed by atoms with E-state index in [0.29, 0.717) is 13.0 Å². The Morgan fingerprint density at radius 1 is 1.33 bits per heavy atom. The van der Waals surface area contributed by atoms with Crippen molar-refractivity contribution in [3.05, 3.63) is 34.9 Å². The normalized spacial score (nSPS) is 12.6. The Labute approximate surface area is 110 Å². The van der Waals surface area contributed by atoms with E-state index in [9.17, 15) is 4.79 Å². The fourth-order valence-electron chi connectivity index (χ4n) is 2.03. The lowest BCUT2D eigenvalue weighted by Gasteiger charge is -2.18. The average molecular weight is 248 g/mol. The van der Waals surface area contributed by atoms with Crippen LogP contribution >= 0.6 is 0 Å². The van der Waals surface area contributed by atoms with Gasteiger partial charge in [0.05, 0.1) is 5.92 Å². The first-order valence-corrected chi connectivity index (χ1v) is 6.50. The molecule has 1 aromatic rings. The monoisotopic (exact) mass is 248 g/mol. The summed E-state index contributed by atoms with van der Waals surface area (Å²) in [5.74, 6) is -0.0960. The minimum absolute atomic E-state index is 0.0486. The average Bonchev–Trinajstić information content (AvgIpc) is 2.27. The summed E-state index contributed by atoms with van der Waals surface area (Å²) in [5.41, 5.74) is 9.39. The lowest BCUT2D eigenvalue weighted by molar-refractivity contribution is -0.125. The third-order valence-electron chi connectivity index (χ3n) is 3.05. The van der Waals surface area contributed by atoms with E-state index in [2.05, 4.69) is 37.4 Å². The van der Waals surface area contributed by atoms with Crippen LogP contribution in [0.2, 0.25) is 0 Å². The number of hydrogen-bond donors (Lipinski definition) is 2. The molecule has 0 radical (unpaired) electrons. The molecule has 1 amide bonds. The minimum Gasteiger partial charge on any atom is -0.354 e. The van der Waals surface area contributed by atoms with E-state index in [1.807, 2.05) is 13.8 Å². The van der Waals surface area contributed by atoms with E-state index >= 15 is 0 Å². The van der Waals surface area contributed by atoms with Gasteiger partial charge in [-0.1, -0.05) is 23.8 Å². The number of nitrogens with one attached hydrogen (secondary N) is 1. The second kappa shape index (κ2) is 6.55. The molecule has 1 unspecified atom stereocenters. The van der Waals surface area contributed by atoms with Crippen molar-refractivity contribution in [1.29, 1.82) is 0 Å². The maximum absolute atomic E-state index is 12.0. The molecule has 0 spiro atoms. The van der Waals surface area contributed by atoms with E-state index in [0.717, 1.165) is 0 Å². The first kappa shape index (κ1) is 14.7. The van der Waals surface area contributed by atoms with Gasteiger partial charge in [-0.2, -0.15) is 0 Å². The van der Waals surface area contributed by atoms with Crippen molar-refractivity contribution in [2.24, 2.45) is 11.7 Å². The van der Waals surface area contributed by atoms with Crippen molar-refractivity contribution in [2.75, 3.05) is 6.54 Å². The molecular formula is C15H24N2O. The van der Waals surface area contributed by atoms with Gasteiger partial charge in [0, 0.05) is 12.6 Å². The molecule has 0 aromatic heterocycles. The predicted octanol–water partition coefficient (Wildman–Crippen LogP) is 1.95. The topological polar surface area (TPSA) is 55.1 Å². The first-order valence-electron chi connectivity index (χ1n) is 6.50. The van der Waals surface area contributed by atoms with Gasteiger partial charge >= 0.3 is 0 Å². The molecule has 0 fully saturated rings. The summed E-state index contributed by atoms with van der Waals surface area (Å²) in [7, 11) is 0. The molecule has 1 atom stereocenters. The Hall–Kier alpha value is -1.35. The van der Waals surface area contributed by atoms with E-state index in [-0.39, 0.29) is 17.9 Å².